The van der Waals surface area contributed by atoms with E-state index in [-0.39, 0.29) is 6.04 Å². The fourth-order valence-corrected chi connectivity index (χ4v) is 6.10. The predicted molar refractivity (Wildman–Crippen MR) is 155 cm³/mol. The number of anilines is 4. The van der Waals surface area contributed by atoms with Crippen molar-refractivity contribution in [2.45, 2.75) is 31.3 Å². The van der Waals surface area contributed by atoms with Crippen molar-refractivity contribution in [3.63, 3.8) is 0 Å². The molecule has 2 aromatic carbocycles. The van der Waals surface area contributed by atoms with Crippen molar-refractivity contribution in [3.8, 4) is 5.75 Å². The average molecular weight is 566 g/mol. The Morgan fingerprint density at radius 2 is 1.66 bits per heavy atom. The summed E-state index contributed by atoms with van der Waals surface area (Å²) in [6, 6.07) is 11.8. The maximum Gasteiger partial charge on any atom is 0.158 e. The normalized spacial score (nSPS) is 20.9. The number of ether oxygens (including phenoxy) is 1. The highest BCUT2D eigenvalue weighted by Crippen LogP contribution is 2.37. The molecule has 3 aliphatic heterocycles. The minimum Gasteiger partial charge on any atom is -0.494 e. The number of piperidine rings is 1. The highest BCUT2D eigenvalue weighted by atomic mass is 19.1. The lowest BCUT2D eigenvalue weighted by Crippen LogP contribution is -2.52. The zero-order valence-corrected chi connectivity index (χ0v) is 23.6. The van der Waals surface area contributed by atoms with E-state index in [1.54, 1.807) is 18.2 Å². The summed E-state index contributed by atoms with van der Waals surface area (Å²) >= 11 is 0. The molecule has 0 aliphatic carbocycles. The van der Waals surface area contributed by atoms with Crippen LogP contribution in [-0.2, 0) is 4.84 Å². The molecule has 0 saturated carbocycles. The first-order valence-electron chi connectivity index (χ1n) is 14.3. The predicted octanol–water partition coefficient (Wildman–Crippen LogP) is 4.61. The summed E-state index contributed by atoms with van der Waals surface area (Å²) in [6.07, 6.45) is 4.35. The van der Waals surface area contributed by atoms with Gasteiger partial charge in [-0.05, 0) is 49.7 Å². The van der Waals surface area contributed by atoms with Crippen LogP contribution in [0.2, 0.25) is 0 Å². The topological polar surface area (TPSA) is 69.2 Å². The van der Waals surface area contributed by atoms with Crippen LogP contribution in [0.15, 0.2) is 48.8 Å². The van der Waals surface area contributed by atoms with Gasteiger partial charge in [-0.1, -0.05) is 0 Å². The van der Waals surface area contributed by atoms with Crippen LogP contribution in [0.25, 0.3) is 0 Å². The number of likely N-dealkylation sites (N-methyl/N-ethyl adjacent to an activating group) is 1. The van der Waals surface area contributed by atoms with Gasteiger partial charge in [0.2, 0.25) is 0 Å². The lowest BCUT2D eigenvalue weighted by atomic mass is 10.0. The highest BCUT2D eigenvalue weighted by molar-refractivity contribution is 5.70. The summed E-state index contributed by atoms with van der Waals surface area (Å²) in [7, 11) is 3.86. The third-order valence-corrected chi connectivity index (χ3v) is 8.38. The van der Waals surface area contributed by atoms with E-state index in [1.165, 1.54) is 18.5 Å². The molecule has 3 fully saturated rings. The van der Waals surface area contributed by atoms with Gasteiger partial charge in [0.15, 0.2) is 5.82 Å². The van der Waals surface area contributed by atoms with Crippen molar-refractivity contribution < 1.29 is 18.4 Å². The Balaban J connectivity index is 1.13. The van der Waals surface area contributed by atoms with Crippen molar-refractivity contribution in [2.75, 3.05) is 75.3 Å². The quantitative estimate of drug-likeness (QED) is 0.443. The number of methoxy groups -OCH3 is 1. The fraction of sp³-hybridized carbons (Fsp3) is 0.467. The monoisotopic (exact) mass is 565 g/mol. The Bertz CT molecular complexity index is 1330. The molecular weight excluding hydrogens is 528 g/mol. The number of rotatable bonds is 7. The summed E-state index contributed by atoms with van der Waals surface area (Å²) in [5.41, 5.74) is 2.42. The third kappa shape index (κ3) is 6.22. The lowest BCUT2D eigenvalue weighted by Gasteiger charge is -2.42. The Morgan fingerprint density at radius 1 is 0.902 bits per heavy atom. The average Bonchev–Trinajstić information content (AvgIpc) is 3.48. The van der Waals surface area contributed by atoms with E-state index < -0.39 is 11.6 Å². The smallest absolute Gasteiger partial charge is 0.158 e. The number of halogens is 2. The van der Waals surface area contributed by atoms with Gasteiger partial charge in [0.05, 0.1) is 25.4 Å². The van der Waals surface area contributed by atoms with E-state index in [2.05, 4.69) is 49.2 Å². The second-order valence-corrected chi connectivity index (χ2v) is 11.0. The van der Waals surface area contributed by atoms with Crippen molar-refractivity contribution in [3.05, 3.63) is 66.0 Å². The van der Waals surface area contributed by atoms with Gasteiger partial charge < -0.3 is 19.9 Å². The first kappa shape index (κ1) is 27.6. The Labute approximate surface area is 239 Å². The third-order valence-electron chi connectivity index (χ3n) is 8.38. The lowest BCUT2D eigenvalue weighted by molar-refractivity contribution is 0.0982. The molecule has 1 atom stereocenters. The summed E-state index contributed by atoms with van der Waals surface area (Å²) in [6.45, 7) is 7.08. The van der Waals surface area contributed by atoms with E-state index in [0.29, 0.717) is 36.3 Å². The maximum absolute atomic E-state index is 13.9. The second-order valence-electron chi connectivity index (χ2n) is 11.0. The van der Waals surface area contributed by atoms with E-state index in [9.17, 15) is 8.78 Å². The Kier molecular flexibility index (Phi) is 8.18. The van der Waals surface area contributed by atoms with E-state index in [0.717, 1.165) is 75.3 Å². The number of nitrogens with zero attached hydrogens (tertiary/aromatic N) is 6. The van der Waals surface area contributed by atoms with Gasteiger partial charge in [-0.15, -0.1) is 0 Å². The van der Waals surface area contributed by atoms with E-state index in [4.69, 9.17) is 9.57 Å². The number of benzene rings is 2. The fourth-order valence-electron chi connectivity index (χ4n) is 6.10. The SMILES string of the molecule is COc1cc(N2CCC(N3CCN(C)CC3)CC2)ccc1Nc1cc(N2OCC[C@@H]2c2cc(F)cc(F)c2)ncn1. The van der Waals surface area contributed by atoms with Gasteiger partial charge in [-0.25, -0.2) is 23.8 Å². The molecule has 0 amide bonds. The van der Waals surface area contributed by atoms with Gasteiger partial charge in [-0.3, -0.25) is 9.74 Å². The van der Waals surface area contributed by atoms with Crippen LogP contribution in [0.5, 0.6) is 5.75 Å². The zero-order valence-electron chi connectivity index (χ0n) is 23.6. The molecule has 3 saturated heterocycles. The molecule has 0 radical (unpaired) electrons. The van der Waals surface area contributed by atoms with Gasteiger partial charge in [0.1, 0.15) is 29.5 Å². The number of hydrogen-bond donors (Lipinski definition) is 1. The number of hydroxylamine groups is 1. The summed E-state index contributed by atoms with van der Waals surface area (Å²) in [5, 5.41) is 4.93. The molecule has 3 aliphatic rings. The molecule has 9 nitrogen and oxygen atoms in total. The standard InChI is InChI=1S/C30H37F2N7O2/c1-36-10-12-38(13-11-36)24-5-8-37(9-6-24)25-3-4-26(28(18-25)40-2)35-29-19-30(34-20-33-29)39-27(7-14-41-39)21-15-22(31)17-23(32)16-21/h3-4,15-20,24,27H,5-14H2,1-2H3,(H,33,34,35)/t27-/m1/s1. The Morgan fingerprint density at radius 3 is 2.39 bits per heavy atom. The van der Waals surface area contributed by atoms with Crippen LogP contribution >= 0.6 is 0 Å². The molecular formula is C30H37F2N7O2. The first-order valence-corrected chi connectivity index (χ1v) is 14.3. The van der Waals surface area contributed by atoms with Crippen molar-refractivity contribution in [1.29, 1.82) is 0 Å². The van der Waals surface area contributed by atoms with Gasteiger partial charge in [-0.2, -0.15) is 0 Å². The minimum atomic E-state index is -0.619. The van der Waals surface area contributed by atoms with Gasteiger partial charge in [0, 0.05) is 75.6 Å². The number of piperazine rings is 1. The molecule has 41 heavy (non-hydrogen) atoms. The molecule has 6 rings (SSSR count). The number of aromatic nitrogens is 2. The Hall–Kier alpha value is -3.54. The van der Waals surface area contributed by atoms with Crippen molar-refractivity contribution in [2.24, 2.45) is 0 Å². The molecule has 218 valence electrons. The molecule has 4 heterocycles. The summed E-state index contributed by atoms with van der Waals surface area (Å²) in [5.74, 6) is 0.523. The molecule has 0 spiro atoms. The van der Waals surface area contributed by atoms with Gasteiger partial charge in [0.25, 0.3) is 0 Å². The molecule has 0 unspecified atom stereocenters. The molecule has 1 aromatic heterocycles. The van der Waals surface area contributed by atoms with Crippen molar-refractivity contribution >= 4 is 23.0 Å². The van der Waals surface area contributed by atoms with Gasteiger partial charge >= 0.3 is 0 Å². The van der Waals surface area contributed by atoms with E-state index in [1.807, 2.05) is 6.07 Å². The zero-order chi connectivity index (χ0) is 28.3. The second kappa shape index (κ2) is 12.1. The highest BCUT2D eigenvalue weighted by Gasteiger charge is 2.30. The van der Waals surface area contributed by atoms with Crippen LogP contribution in [0, 0.1) is 11.6 Å². The summed E-state index contributed by atoms with van der Waals surface area (Å²) < 4.78 is 33.5. The van der Waals surface area contributed by atoms with Crippen LogP contribution in [-0.4, -0.2) is 85.8 Å². The van der Waals surface area contributed by atoms with Crippen LogP contribution in [0.4, 0.5) is 31.8 Å². The molecule has 1 N–H and O–H groups in total. The van der Waals surface area contributed by atoms with Crippen molar-refractivity contribution in [1.82, 2.24) is 19.8 Å². The maximum atomic E-state index is 13.9. The van der Waals surface area contributed by atoms with Crippen LogP contribution in [0.3, 0.4) is 0 Å². The van der Waals surface area contributed by atoms with Crippen LogP contribution < -0.4 is 20.0 Å². The number of hydrogen-bond acceptors (Lipinski definition) is 9. The van der Waals surface area contributed by atoms with E-state index >= 15 is 0 Å². The molecule has 3 aromatic rings. The molecule has 0 bridgehead atoms. The minimum absolute atomic E-state index is 0.364. The summed E-state index contributed by atoms with van der Waals surface area (Å²) in [4.78, 5) is 22.0. The van der Waals surface area contributed by atoms with Crippen LogP contribution in [0.1, 0.15) is 30.9 Å². The number of nitrogens with one attached hydrogen (secondary N) is 1. The molecule has 11 heteroatoms. The first-order chi connectivity index (χ1) is 20.0. The largest absolute Gasteiger partial charge is 0.494 e.